The van der Waals surface area contributed by atoms with Crippen molar-refractivity contribution in [3.05, 3.63) is 52.1 Å². The molecular formula is C16H17BrN2O2. The van der Waals surface area contributed by atoms with E-state index in [0.29, 0.717) is 11.6 Å². The second-order valence-corrected chi connectivity index (χ2v) is 5.71. The van der Waals surface area contributed by atoms with E-state index in [-0.39, 0.29) is 5.91 Å². The van der Waals surface area contributed by atoms with Gasteiger partial charge in [-0.2, -0.15) is 0 Å². The predicted molar refractivity (Wildman–Crippen MR) is 86.6 cm³/mol. The molecule has 1 amide bonds. The highest BCUT2D eigenvalue weighted by atomic mass is 79.9. The number of nitrogens with one attached hydrogen (secondary N) is 1. The van der Waals surface area contributed by atoms with Gasteiger partial charge in [-0.1, -0.05) is 12.1 Å². The highest BCUT2D eigenvalue weighted by molar-refractivity contribution is 9.10. The molecule has 2 rings (SSSR count). The topological polar surface area (TPSA) is 51.2 Å². The van der Waals surface area contributed by atoms with E-state index in [9.17, 15) is 4.79 Å². The molecular weight excluding hydrogens is 332 g/mol. The number of rotatable bonds is 4. The van der Waals surface area contributed by atoms with Gasteiger partial charge >= 0.3 is 0 Å². The van der Waals surface area contributed by atoms with Crippen molar-refractivity contribution in [2.24, 2.45) is 0 Å². The normalized spacial score (nSPS) is 11.8. The van der Waals surface area contributed by atoms with Crippen LogP contribution in [-0.4, -0.2) is 17.0 Å². The fourth-order valence-corrected chi connectivity index (χ4v) is 2.37. The first-order valence-corrected chi connectivity index (χ1v) is 7.42. The third-order valence-electron chi connectivity index (χ3n) is 3.01. The molecule has 2 aromatic rings. The molecule has 0 saturated heterocycles. The molecule has 0 fully saturated rings. The van der Waals surface area contributed by atoms with Crippen LogP contribution in [-0.2, 0) is 4.79 Å². The summed E-state index contributed by atoms with van der Waals surface area (Å²) in [6, 6.07) is 9.45. The highest BCUT2D eigenvalue weighted by Gasteiger charge is 2.17. The summed E-state index contributed by atoms with van der Waals surface area (Å²) >= 11 is 3.43. The second-order valence-electron chi connectivity index (χ2n) is 4.85. The molecule has 0 aliphatic heterocycles. The quantitative estimate of drug-likeness (QED) is 0.912. The summed E-state index contributed by atoms with van der Waals surface area (Å²) in [6.45, 7) is 5.60. The minimum atomic E-state index is -0.620. The third-order valence-corrected chi connectivity index (χ3v) is 3.63. The number of halogens is 1. The van der Waals surface area contributed by atoms with Crippen molar-refractivity contribution in [2.45, 2.75) is 26.9 Å². The molecule has 0 aliphatic rings. The fourth-order valence-electron chi connectivity index (χ4n) is 1.78. The van der Waals surface area contributed by atoms with E-state index in [2.05, 4.69) is 26.2 Å². The molecule has 21 heavy (non-hydrogen) atoms. The lowest BCUT2D eigenvalue weighted by Gasteiger charge is -2.16. The Morgan fingerprint density at radius 3 is 2.76 bits per heavy atom. The summed E-state index contributed by atoms with van der Waals surface area (Å²) in [5.41, 5.74) is 2.03. The Labute approximate surface area is 132 Å². The monoisotopic (exact) mass is 348 g/mol. The molecule has 1 heterocycles. The Morgan fingerprint density at radius 1 is 1.33 bits per heavy atom. The SMILES string of the molecule is Cc1ccc(O[C@H](C)C(=O)Nc2ncccc2C)c(Br)c1. The van der Waals surface area contributed by atoms with Crippen molar-refractivity contribution < 1.29 is 9.53 Å². The van der Waals surface area contributed by atoms with Gasteiger partial charge < -0.3 is 10.1 Å². The molecule has 0 spiro atoms. The minimum absolute atomic E-state index is 0.232. The smallest absolute Gasteiger partial charge is 0.266 e. The van der Waals surface area contributed by atoms with Crippen LogP contribution in [0.25, 0.3) is 0 Å². The Bertz CT molecular complexity index is 658. The number of hydrogen-bond donors (Lipinski definition) is 1. The number of aryl methyl sites for hydroxylation is 2. The number of aromatic nitrogens is 1. The van der Waals surface area contributed by atoms with E-state index in [1.165, 1.54) is 0 Å². The van der Waals surface area contributed by atoms with Gasteiger partial charge in [0.05, 0.1) is 4.47 Å². The average Bonchev–Trinajstić information content (AvgIpc) is 2.44. The van der Waals surface area contributed by atoms with Crippen LogP contribution in [0.1, 0.15) is 18.1 Å². The molecule has 110 valence electrons. The zero-order valence-electron chi connectivity index (χ0n) is 12.2. The molecule has 1 atom stereocenters. The van der Waals surface area contributed by atoms with Gasteiger partial charge in [-0.3, -0.25) is 4.79 Å². The molecule has 5 heteroatoms. The van der Waals surface area contributed by atoms with Gasteiger partial charge in [0, 0.05) is 6.20 Å². The standard InChI is InChI=1S/C16H17BrN2O2/c1-10-6-7-14(13(17)9-10)21-12(3)16(20)19-15-11(2)5-4-8-18-15/h4-9,12H,1-3H3,(H,18,19,20)/t12-/m1/s1. The molecule has 1 aromatic carbocycles. The van der Waals surface area contributed by atoms with Crippen molar-refractivity contribution in [1.29, 1.82) is 0 Å². The number of carbonyl (C=O) groups excluding carboxylic acids is 1. The lowest BCUT2D eigenvalue weighted by atomic mass is 10.2. The van der Waals surface area contributed by atoms with Gasteiger partial charge in [-0.05, 0) is 66.0 Å². The van der Waals surface area contributed by atoms with E-state index in [0.717, 1.165) is 15.6 Å². The Kier molecular flexibility index (Phi) is 4.96. The van der Waals surface area contributed by atoms with Crippen LogP contribution >= 0.6 is 15.9 Å². The largest absolute Gasteiger partial charge is 0.480 e. The van der Waals surface area contributed by atoms with Crippen molar-refractivity contribution in [1.82, 2.24) is 4.98 Å². The van der Waals surface area contributed by atoms with Crippen LogP contribution in [0.15, 0.2) is 41.0 Å². The number of carbonyl (C=O) groups is 1. The summed E-state index contributed by atoms with van der Waals surface area (Å²) in [5, 5.41) is 2.77. The number of nitrogens with zero attached hydrogens (tertiary/aromatic N) is 1. The Balaban J connectivity index is 2.04. The molecule has 0 radical (unpaired) electrons. The number of pyridine rings is 1. The van der Waals surface area contributed by atoms with E-state index in [1.54, 1.807) is 13.1 Å². The van der Waals surface area contributed by atoms with Crippen molar-refractivity contribution in [2.75, 3.05) is 5.32 Å². The summed E-state index contributed by atoms with van der Waals surface area (Å²) in [5.74, 6) is 0.964. The summed E-state index contributed by atoms with van der Waals surface area (Å²) in [7, 11) is 0. The number of amides is 1. The zero-order chi connectivity index (χ0) is 15.4. The number of ether oxygens (including phenoxy) is 1. The van der Waals surface area contributed by atoms with Crippen LogP contribution in [0, 0.1) is 13.8 Å². The van der Waals surface area contributed by atoms with Gasteiger partial charge in [0.2, 0.25) is 0 Å². The molecule has 4 nitrogen and oxygen atoms in total. The highest BCUT2D eigenvalue weighted by Crippen LogP contribution is 2.26. The van der Waals surface area contributed by atoms with Crippen LogP contribution < -0.4 is 10.1 Å². The Morgan fingerprint density at radius 2 is 2.10 bits per heavy atom. The maximum Gasteiger partial charge on any atom is 0.266 e. The van der Waals surface area contributed by atoms with Crippen LogP contribution in [0.2, 0.25) is 0 Å². The molecule has 0 aliphatic carbocycles. The first-order valence-electron chi connectivity index (χ1n) is 6.62. The van der Waals surface area contributed by atoms with Crippen LogP contribution in [0.3, 0.4) is 0 Å². The van der Waals surface area contributed by atoms with E-state index in [1.807, 2.05) is 44.2 Å². The molecule has 1 N–H and O–H groups in total. The number of benzene rings is 1. The number of hydrogen-bond acceptors (Lipinski definition) is 3. The van der Waals surface area contributed by atoms with Gasteiger partial charge in [0.25, 0.3) is 5.91 Å². The molecule has 0 bridgehead atoms. The van der Waals surface area contributed by atoms with Gasteiger partial charge in [0.15, 0.2) is 6.10 Å². The second kappa shape index (κ2) is 6.72. The van der Waals surface area contributed by atoms with Crippen molar-refractivity contribution in [3.8, 4) is 5.75 Å². The number of anilines is 1. The minimum Gasteiger partial charge on any atom is -0.480 e. The van der Waals surface area contributed by atoms with Crippen LogP contribution in [0.4, 0.5) is 5.82 Å². The summed E-state index contributed by atoms with van der Waals surface area (Å²) in [6.07, 6.45) is 1.02. The average molecular weight is 349 g/mol. The van der Waals surface area contributed by atoms with Crippen molar-refractivity contribution in [3.63, 3.8) is 0 Å². The lowest BCUT2D eigenvalue weighted by Crippen LogP contribution is -2.30. The first kappa shape index (κ1) is 15.5. The fraction of sp³-hybridized carbons (Fsp3) is 0.250. The maximum atomic E-state index is 12.2. The van der Waals surface area contributed by atoms with E-state index in [4.69, 9.17) is 4.74 Å². The maximum absolute atomic E-state index is 12.2. The van der Waals surface area contributed by atoms with E-state index < -0.39 is 6.10 Å². The predicted octanol–water partition coefficient (Wildman–Crippen LogP) is 3.87. The lowest BCUT2D eigenvalue weighted by molar-refractivity contribution is -0.122. The van der Waals surface area contributed by atoms with E-state index >= 15 is 0 Å². The van der Waals surface area contributed by atoms with Gasteiger partial charge in [-0.25, -0.2) is 4.98 Å². The molecule has 0 saturated carbocycles. The Hall–Kier alpha value is -1.88. The van der Waals surface area contributed by atoms with Crippen LogP contribution in [0.5, 0.6) is 5.75 Å². The molecule has 1 aromatic heterocycles. The van der Waals surface area contributed by atoms with Gasteiger partial charge in [-0.15, -0.1) is 0 Å². The third kappa shape index (κ3) is 4.04. The molecule has 0 unspecified atom stereocenters. The summed E-state index contributed by atoms with van der Waals surface area (Å²) < 4.78 is 6.52. The first-order chi connectivity index (χ1) is 9.97. The van der Waals surface area contributed by atoms with Gasteiger partial charge in [0.1, 0.15) is 11.6 Å². The summed E-state index contributed by atoms with van der Waals surface area (Å²) in [4.78, 5) is 16.3. The zero-order valence-corrected chi connectivity index (χ0v) is 13.8. The van der Waals surface area contributed by atoms with Crippen molar-refractivity contribution >= 4 is 27.7 Å².